The van der Waals surface area contributed by atoms with Gasteiger partial charge in [0.15, 0.2) is 0 Å². The molecule has 0 aromatic heterocycles. The van der Waals surface area contributed by atoms with Gasteiger partial charge < -0.3 is 0 Å². The van der Waals surface area contributed by atoms with Gasteiger partial charge in [-0.1, -0.05) is 150 Å². The first kappa shape index (κ1) is 25.0. The van der Waals surface area contributed by atoms with Crippen LogP contribution in [0.25, 0.3) is 0 Å². The zero-order chi connectivity index (χ0) is 18.6. The Hall–Kier alpha value is 0. The Labute approximate surface area is 161 Å². The van der Waals surface area contributed by atoms with Crippen molar-refractivity contribution in [2.45, 2.75) is 150 Å². The minimum Gasteiger partial charge on any atom is -0.0654 e. The monoisotopic (exact) mass is 352 g/mol. The van der Waals surface area contributed by atoms with E-state index in [0.29, 0.717) is 0 Å². The minimum atomic E-state index is 0.939. The molecule has 0 rings (SSSR count). The van der Waals surface area contributed by atoms with Crippen LogP contribution in [0.2, 0.25) is 0 Å². The van der Waals surface area contributed by atoms with Crippen molar-refractivity contribution < 1.29 is 0 Å². The molecule has 0 fully saturated rings. The zero-order valence-corrected chi connectivity index (χ0v) is 18.6. The van der Waals surface area contributed by atoms with Gasteiger partial charge in [-0.05, 0) is 11.8 Å². The van der Waals surface area contributed by atoms with Crippen molar-refractivity contribution >= 4 is 0 Å². The normalized spacial score (nSPS) is 13.9. The van der Waals surface area contributed by atoms with Crippen LogP contribution in [-0.4, -0.2) is 0 Å². The largest absolute Gasteiger partial charge is 0.0654 e. The van der Waals surface area contributed by atoms with Crippen LogP contribution in [0.3, 0.4) is 0 Å². The van der Waals surface area contributed by atoms with Crippen LogP contribution >= 0.6 is 0 Å². The fraction of sp³-hybridized carbons (Fsp3) is 1.00. The zero-order valence-electron chi connectivity index (χ0n) is 18.6. The van der Waals surface area contributed by atoms with E-state index in [1.54, 1.807) is 0 Å². The molecule has 0 aromatic rings. The van der Waals surface area contributed by atoms with E-state index in [0.717, 1.165) is 11.8 Å². The molecule has 0 saturated heterocycles. The lowest BCUT2D eigenvalue weighted by atomic mass is 9.86. The molecular weight excluding hydrogens is 300 g/mol. The summed E-state index contributed by atoms with van der Waals surface area (Å²) in [5.41, 5.74) is 0. The van der Waals surface area contributed by atoms with Gasteiger partial charge in [-0.2, -0.15) is 0 Å². The van der Waals surface area contributed by atoms with E-state index in [1.165, 1.54) is 122 Å². The van der Waals surface area contributed by atoms with Crippen LogP contribution in [0.5, 0.6) is 0 Å². The average Bonchev–Trinajstić information content (AvgIpc) is 2.62. The molecule has 0 amide bonds. The first-order valence-corrected chi connectivity index (χ1v) is 12.2. The molecule has 0 radical (unpaired) electrons. The second-order valence-corrected chi connectivity index (χ2v) is 8.84. The standard InChI is InChI=1S/C25H52/c1-5-7-9-11-13-15-17-19-21-23-25(4)24(3)22-20-18-16-14-12-10-8-6-2/h24-25H,5-23H2,1-4H3. The molecule has 0 saturated carbocycles. The van der Waals surface area contributed by atoms with E-state index in [-0.39, 0.29) is 0 Å². The first-order valence-electron chi connectivity index (χ1n) is 12.2. The Morgan fingerprint density at radius 2 is 0.600 bits per heavy atom. The Morgan fingerprint density at radius 3 is 0.880 bits per heavy atom. The lowest BCUT2D eigenvalue weighted by molar-refractivity contribution is 0.322. The van der Waals surface area contributed by atoms with Crippen molar-refractivity contribution in [3.05, 3.63) is 0 Å². The molecule has 0 aromatic carbocycles. The summed E-state index contributed by atoms with van der Waals surface area (Å²) >= 11 is 0. The maximum Gasteiger partial charge on any atom is -0.0417 e. The summed E-state index contributed by atoms with van der Waals surface area (Å²) in [4.78, 5) is 0. The number of unbranched alkanes of at least 4 members (excludes halogenated alkanes) is 15. The van der Waals surface area contributed by atoms with Crippen LogP contribution in [0, 0.1) is 11.8 Å². The highest BCUT2D eigenvalue weighted by atomic mass is 14.2. The molecule has 0 aliphatic heterocycles. The predicted molar refractivity (Wildman–Crippen MR) is 117 cm³/mol. The molecule has 0 bridgehead atoms. The Morgan fingerprint density at radius 1 is 0.360 bits per heavy atom. The molecule has 0 spiro atoms. The van der Waals surface area contributed by atoms with Gasteiger partial charge >= 0.3 is 0 Å². The fourth-order valence-electron chi connectivity index (χ4n) is 3.95. The highest BCUT2D eigenvalue weighted by Crippen LogP contribution is 2.24. The number of rotatable bonds is 20. The molecule has 0 N–H and O–H groups in total. The molecular formula is C25H52. The van der Waals surface area contributed by atoms with Crippen LogP contribution in [0.15, 0.2) is 0 Å². The smallest absolute Gasteiger partial charge is 0.0417 e. The van der Waals surface area contributed by atoms with Gasteiger partial charge in [-0.3, -0.25) is 0 Å². The van der Waals surface area contributed by atoms with Crippen molar-refractivity contribution in [3.63, 3.8) is 0 Å². The van der Waals surface area contributed by atoms with E-state index in [2.05, 4.69) is 27.7 Å². The maximum absolute atomic E-state index is 2.50. The van der Waals surface area contributed by atoms with Gasteiger partial charge in [0.05, 0.1) is 0 Å². The molecule has 152 valence electrons. The van der Waals surface area contributed by atoms with Gasteiger partial charge in [0, 0.05) is 0 Å². The van der Waals surface area contributed by atoms with Gasteiger partial charge in [-0.25, -0.2) is 0 Å². The van der Waals surface area contributed by atoms with E-state index >= 15 is 0 Å². The summed E-state index contributed by atoms with van der Waals surface area (Å²) < 4.78 is 0. The van der Waals surface area contributed by atoms with E-state index < -0.39 is 0 Å². The molecule has 0 nitrogen and oxygen atoms in total. The van der Waals surface area contributed by atoms with Crippen molar-refractivity contribution in [1.82, 2.24) is 0 Å². The Bertz CT molecular complexity index is 232. The molecule has 0 aliphatic rings. The summed E-state index contributed by atoms with van der Waals surface area (Å²) in [6.07, 6.45) is 27.7. The fourth-order valence-corrected chi connectivity index (χ4v) is 3.95. The highest BCUT2D eigenvalue weighted by Gasteiger charge is 2.11. The van der Waals surface area contributed by atoms with E-state index in [9.17, 15) is 0 Å². The average molecular weight is 353 g/mol. The van der Waals surface area contributed by atoms with Crippen molar-refractivity contribution in [2.24, 2.45) is 11.8 Å². The van der Waals surface area contributed by atoms with Gasteiger partial charge in [0.1, 0.15) is 0 Å². The third kappa shape index (κ3) is 18.6. The van der Waals surface area contributed by atoms with Crippen molar-refractivity contribution in [3.8, 4) is 0 Å². The van der Waals surface area contributed by atoms with Crippen LogP contribution in [0.4, 0.5) is 0 Å². The van der Waals surface area contributed by atoms with Gasteiger partial charge in [-0.15, -0.1) is 0 Å². The van der Waals surface area contributed by atoms with Gasteiger partial charge in [0.25, 0.3) is 0 Å². The minimum absolute atomic E-state index is 0.939. The summed E-state index contributed by atoms with van der Waals surface area (Å²) in [6.45, 7) is 9.60. The number of hydrogen-bond donors (Lipinski definition) is 0. The Balaban J connectivity index is 3.32. The third-order valence-corrected chi connectivity index (χ3v) is 6.25. The van der Waals surface area contributed by atoms with Crippen molar-refractivity contribution in [1.29, 1.82) is 0 Å². The summed E-state index contributed by atoms with van der Waals surface area (Å²) in [5.74, 6) is 1.88. The molecule has 0 heterocycles. The predicted octanol–water partition coefficient (Wildman–Crippen LogP) is 9.71. The van der Waals surface area contributed by atoms with Crippen LogP contribution in [-0.2, 0) is 0 Å². The molecule has 25 heavy (non-hydrogen) atoms. The van der Waals surface area contributed by atoms with E-state index in [1.807, 2.05) is 0 Å². The summed E-state index contributed by atoms with van der Waals surface area (Å²) in [6, 6.07) is 0. The second kappa shape index (κ2) is 20.3. The first-order chi connectivity index (χ1) is 12.2. The summed E-state index contributed by atoms with van der Waals surface area (Å²) in [5, 5.41) is 0. The van der Waals surface area contributed by atoms with Crippen LogP contribution in [0.1, 0.15) is 150 Å². The topological polar surface area (TPSA) is 0 Å². The molecule has 2 unspecified atom stereocenters. The second-order valence-electron chi connectivity index (χ2n) is 8.84. The highest BCUT2D eigenvalue weighted by molar-refractivity contribution is 4.63. The van der Waals surface area contributed by atoms with E-state index in [4.69, 9.17) is 0 Å². The van der Waals surface area contributed by atoms with Gasteiger partial charge in [0.2, 0.25) is 0 Å². The molecule has 0 aliphatic carbocycles. The van der Waals surface area contributed by atoms with Crippen LogP contribution < -0.4 is 0 Å². The summed E-state index contributed by atoms with van der Waals surface area (Å²) in [7, 11) is 0. The lowest BCUT2D eigenvalue weighted by Crippen LogP contribution is -2.08. The van der Waals surface area contributed by atoms with Crippen molar-refractivity contribution in [2.75, 3.05) is 0 Å². The third-order valence-electron chi connectivity index (χ3n) is 6.25. The molecule has 0 heteroatoms. The molecule has 2 atom stereocenters. The quantitative estimate of drug-likeness (QED) is 0.191. The number of hydrogen-bond acceptors (Lipinski definition) is 0. The lowest BCUT2D eigenvalue weighted by Gasteiger charge is -2.19. The Kier molecular flexibility index (Phi) is 20.3. The maximum atomic E-state index is 2.50. The SMILES string of the molecule is CCCCCCCCCCCC(C)C(C)CCCCCCCCCC.